The van der Waals surface area contributed by atoms with Crippen molar-refractivity contribution in [1.29, 1.82) is 0 Å². The van der Waals surface area contributed by atoms with Gasteiger partial charge in [-0.15, -0.1) is 0 Å². The molecule has 7 N–H and O–H groups in total. The van der Waals surface area contributed by atoms with Crippen molar-refractivity contribution >= 4 is 34.7 Å². The lowest BCUT2D eigenvalue weighted by Gasteiger charge is -2.14. The number of carbonyl (C=O) groups is 2. The van der Waals surface area contributed by atoms with Gasteiger partial charge >= 0.3 is 17.6 Å². The van der Waals surface area contributed by atoms with Gasteiger partial charge in [0.25, 0.3) is 5.56 Å². The van der Waals surface area contributed by atoms with Crippen LogP contribution in [0.25, 0.3) is 11.0 Å². The van der Waals surface area contributed by atoms with E-state index < -0.39 is 35.7 Å². The normalized spacial score (nSPS) is 12.0. The predicted octanol–water partition coefficient (Wildman–Crippen LogP) is -2.38. The number of carboxylic acids is 2. The van der Waals surface area contributed by atoms with Crippen LogP contribution in [-0.4, -0.2) is 61.3 Å². The van der Waals surface area contributed by atoms with E-state index in [2.05, 4.69) is 25.6 Å². The number of nitrogens with zero attached hydrogens (tertiary/aromatic N) is 3. The van der Waals surface area contributed by atoms with Crippen molar-refractivity contribution in [3.8, 4) is 0 Å². The molecule has 0 aromatic carbocycles. The first-order valence-corrected chi connectivity index (χ1v) is 7.40. The number of nitrogens with one attached hydrogen (secondary N) is 3. The number of aliphatic carboxylic acids is 2. The highest BCUT2D eigenvalue weighted by atomic mass is 16.4. The van der Waals surface area contributed by atoms with Crippen molar-refractivity contribution < 1.29 is 19.8 Å². The summed E-state index contributed by atoms with van der Waals surface area (Å²) >= 11 is 0. The van der Waals surface area contributed by atoms with E-state index in [0.29, 0.717) is 0 Å². The van der Waals surface area contributed by atoms with E-state index in [1.54, 1.807) is 0 Å². The van der Waals surface area contributed by atoms with Crippen LogP contribution in [0.3, 0.4) is 0 Å². The van der Waals surface area contributed by atoms with Gasteiger partial charge in [0.15, 0.2) is 5.65 Å². The van der Waals surface area contributed by atoms with Crippen LogP contribution in [0.2, 0.25) is 0 Å². The van der Waals surface area contributed by atoms with Gasteiger partial charge in [0.2, 0.25) is 5.95 Å². The predicted molar refractivity (Wildman–Crippen MR) is 90.1 cm³/mol. The van der Waals surface area contributed by atoms with Gasteiger partial charge in [-0.1, -0.05) is 0 Å². The van der Waals surface area contributed by atoms with Gasteiger partial charge in [-0.2, -0.15) is 9.97 Å². The Morgan fingerprint density at radius 3 is 2.58 bits per heavy atom. The van der Waals surface area contributed by atoms with Crippen molar-refractivity contribution in [2.45, 2.75) is 19.0 Å². The van der Waals surface area contributed by atoms with E-state index in [9.17, 15) is 19.2 Å². The lowest BCUT2D eigenvalue weighted by Crippen LogP contribution is -2.41. The molecule has 140 valence electrons. The molecule has 0 amide bonds. The second-order valence-corrected chi connectivity index (χ2v) is 5.24. The maximum absolute atomic E-state index is 12.1. The van der Waals surface area contributed by atoms with Crippen LogP contribution in [0.1, 0.15) is 6.42 Å². The Labute approximate surface area is 144 Å². The van der Waals surface area contributed by atoms with Gasteiger partial charge in [-0.05, 0) is 0 Å². The molecule has 13 nitrogen and oxygen atoms in total. The molecule has 0 aliphatic heterocycles. The van der Waals surface area contributed by atoms with E-state index in [1.165, 1.54) is 7.05 Å². The topological polar surface area (TPSA) is 205 Å². The molecule has 0 aliphatic carbocycles. The first-order valence-electron chi connectivity index (χ1n) is 7.40. The first kappa shape index (κ1) is 18.9. The third kappa shape index (κ3) is 3.94. The number of anilines is 2. The zero-order valence-corrected chi connectivity index (χ0v) is 13.6. The fourth-order valence-corrected chi connectivity index (χ4v) is 2.29. The largest absolute Gasteiger partial charge is 0.481 e. The Hall–Kier alpha value is -3.48. The molecule has 0 saturated carbocycles. The van der Waals surface area contributed by atoms with Crippen molar-refractivity contribution in [2.24, 2.45) is 0 Å². The second-order valence-electron chi connectivity index (χ2n) is 5.24. The minimum absolute atomic E-state index is 0.0255. The average molecular weight is 367 g/mol. The highest BCUT2D eigenvalue weighted by Gasteiger charge is 2.20. The first-order chi connectivity index (χ1) is 12.2. The van der Waals surface area contributed by atoms with Crippen molar-refractivity contribution in [1.82, 2.24) is 24.8 Å². The molecule has 0 bridgehead atoms. The van der Waals surface area contributed by atoms with Gasteiger partial charge in [-0.25, -0.2) is 4.79 Å². The smallest absolute Gasteiger partial charge is 0.351 e. The molecule has 0 fully saturated rings. The number of aromatic amines is 1. The maximum atomic E-state index is 12.1. The van der Waals surface area contributed by atoms with Crippen LogP contribution in [0, 0.1) is 0 Å². The number of nitrogens with two attached hydrogens (primary N) is 1. The summed E-state index contributed by atoms with van der Waals surface area (Å²) < 4.78 is 1.05. The Bertz CT molecular complexity index is 966. The Morgan fingerprint density at radius 1 is 1.31 bits per heavy atom. The van der Waals surface area contributed by atoms with Crippen LogP contribution < -0.4 is 27.6 Å². The van der Waals surface area contributed by atoms with Gasteiger partial charge < -0.3 is 26.6 Å². The number of carboxylic acid groups (broad SMARTS) is 2. The SMILES string of the molecule is CNc1nc2c(c(N)nc(=O)n2CCN[C@@H](CC(=O)O)C(=O)O)c(=O)[nH]1. The number of hydrogen-bond donors (Lipinski definition) is 6. The van der Waals surface area contributed by atoms with Gasteiger partial charge in [0, 0.05) is 20.1 Å². The molecule has 2 heterocycles. The zero-order valence-electron chi connectivity index (χ0n) is 13.6. The molecule has 0 aliphatic rings. The molecule has 2 aromatic rings. The summed E-state index contributed by atoms with van der Waals surface area (Å²) in [5.41, 5.74) is 4.23. The molecular formula is C13H17N7O6. The Kier molecular flexibility index (Phi) is 5.51. The van der Waals surface area contributed by atoms with Gasteiger partial charge in [0.1, 0.15) is 17.2 Å². The Balaban J connectivity index is 2.36. The summed E-state index contributed by atoms with van der Waals surface area (Å²) in [6.45, 7) is -0.181. The van der Waals surface area contributed by atoms with E-state index in [-0.39, 0.29) is 35.9 Å². The summed E-state index contributed by atoms with van der Waals surface area (Å²) in [6, 6.07) is -1.33. The molecule has 26 heavy (non-hydrogen) atoms. The summed E-state index contributed by atoms with van der Waals surface area (Å²) in [4.78, 5) is 56.0. The summed E-state index contributed by atoms with van der Waals surface area (Å²) in [7, 11) is 1.52. The van der Waals surface area contributed by atoms with E-state index >= 15 is 0 Å². The Morgan fingerprint density at radius 2 is 2.00 bits per heavy atom. The van der Waals surface area contributed by atoms with Crippen LogP contribution in [0.15, 0.2) is 9.59 Å². The molecule has 1 atom stereocenters. The van der Waals surface area contributed by atoms with E-state index in [0.717, 1.165) is 4.57 Å². The van der Waals surface area contributed by atoms with E-state index in [4.69, 9.17) is 15.9 Å². The number of hydrogen-bond acceptors (Lipinski definition) is 9. The average Bonchev–Trinajstić information content (AvgIpc) is 2.55. The number of H-pyrrole nitrogens is 1. The van der Waals surface area contributed by atoms with E-state index in [1.807, 2.05) is 0 Å². The second kappa shape index (κ2) is 7.60. The molecular weight excluding hydrogens is 350 g/mol. The third-order valence-corrected chi connectivity index (χ3v) is 3.50. The zero-order chi connectivity index (χ0) is 19.4. The lowest BCUT2D eigenvalue weighted by atomic mass is 10.2. The quantitative estimate of drug-likeness (QED) is 0.290. The highest BCUT2D eigenvalue weighted by molar-refractivity contribution is 5.85. The number of rotatable bonds is 8. The van der Waals surface area contributed by atoms with Gasteiger partial charge in [0.05, 0.1) is 6.42 Å². The monoisotopic (exact) mass is 367 g/mol. The fraction of sp³-hybridized carbons (Fsp3) is 0.385. The molecule has 2 rings (SSSR count). The highest BCUT2D eigenvalue weighted by Crippen LogP contribution is 2.11. The molecule has 0 unspecified atom stereocenters. The van der Waals surface area contributed by atoms with Crippen molar-refractivity contribution in [3.63, 3.8) is 0 Å². The number of aromatic nitrogens is 4. The molecule has 0 radical (unpaired) electrons. The van der Waals surface area contributed by atoms with Crippen LogP contribution in [0.5, 0.6) is 0 Å². The third-order valence-electron chi connectivity index (χ3n) is 3.50. The fourth-order valence-electron chi connectivity index (χ4n) is 2.29. The minimum atomic E-state index is -1.34. The molecule has 2 aromatic heterocycles. The van der Waals surface area contributed by atoms with Crippen LogP contribution in [-0.2, 0) is 16.1 Å². The molecule has 0 spiro atoms. The molecule has 13 heteroatoms. The van der Waals surface area contributed by atoms with Crippen LogP contribution in [0.4, 0.5) is 11.8 Å². The number of fused-ring (bicyclic) bond motifs is 1. The maximum Gasteiger partial charge on any atom is 0.351 e. The summed E-state index contributed by atoms with van der Waals surface area (Å²) in [5.74, 6) is -2.80. The minimum Gasteiger partial charge on any atom is -0.481 e. The number of nitrogen functional groups attached to an aromatic ring is 1. The molecule has 0 saturated heterocycles. The summed E-state index contributed by atoms with van der Waals surface area (Å²) in [5, 5.41) is 22.8. The van der Waals surface area contributed by atoms with Gasteiger partial charge in [-0.3, -0.25) is 23.9 Å². The lowest BCUT2D eigenvalue weighted by molar-refractivity contribution is -0.145. The van der Waals surface area contributed by atoms with Crippen molar-refractivity contribution in [2.75, 3.05) is 24.6 Å². The van der Waals surface area contributed by atoms with Crippen LogP contribution >= 0.6 is 0 Å². The summed E-state index contributed by atoms with van der Waals surface area (Å²) in [6.07, 6.45) is -0.632. The van der Waals surface area contributed by atoms with Crippen molar-refractivity contribution in [3.05, 3.63) is 20.8 Å². The standard InChI is InChI=1S/C13H17N7O6/c1-15-12-18-9-7(10(23)19-12)8(14)17-13(26)20(9)3-2-16-5(11(24)25)4-6(21)22/h5,16H,2-4H2,1H3,(H,21,22)(H,24,25)(H2,14,17,26)(H2,15,18,19,23)/t5-/m0/s1.